The molecule has 17 heavy (non-hydrogen) atoms. The van der Waals surface area contributed by atoms with Crippen molar-refractivity contribution in [3.63, 3.8) is 0 Å². The molecule has 0 aliphatic rings. The van der Waals surface area contributed by atoms with Gasteiger partial charge in [-0.2, -0.15) is 0 Å². The van der Waals surface area contributed by atoms with Crippen LogP contribution < -0.4 is 0 Å². The zero-order chi connectivity index (χ0) is 12.1. The highest BCUT2D eigenvalue weighted by molar-refractivity contribution is 5.79. The Bertz CT molecular complexity index is 462. The highest BCUT2D eigenvalue weighted by Crippen LogP contribution is 2.14. The summed E-state index contributed by atoms with van der Waals surface area (Å²) in [5, 5.41) is 1.25. The quantitative estimate of drug-likeness (QED) is 0.775. The number of aromatic nitrogens is 1. The standard InChI is InChI=1S/C14H20N2O/c1-16(2)8-3-9-17-11-12-4-5-14-13(10-12)6-7-15-14/h4-7,10,15H,3,8-9,11H2,1-2H3. The van der Waals surface area contributed by atoms with E-state index in [2.05, 4.69) is 48.2 Å². The van der Waals surface area contributed by atoms with Crippen LogP contribution in [0.15, 0.2) is 30.5 Å². The van der Waals surface area contributed by atoms with E-state index >= 15 is 0 Å². The number of hydrogen-bond acceptors (Lipinski definition) is 2. The Hall–Kier alpha value is -1.32. The van der Waals surface area contributed by atoms with Gasteiger partial charge in [0.2, 0.25) is 0 Å². The topological polar surface area (TPSA) is 28.3 Å². The largest absolute Gasteiger partial charge is 0.377 e. The molecule has 3 nitrogen and oxygen atoms in total. The summed E-state index contributed by atoms with van der Waals surface area (Å²) in [5.74, 6) is 0. The average molecular weight is 232 g/mol. The minimum absolute atomic E-state index is 0.703. The van der Waals surface area contributed by atoms with Gasteiger partial charge in [0, 0.05) is 18.3 Å². The Morgan fingerprint density at radius 2 is 2.12 bits per heavy atom. The second-order valence-electron chi connectivity index (χ2n) is 4.61. The number of rotatable bonds is 6. The SMILES string of the molecule is CN(C)CCCOCc1ccc2[nH]ccc2c1. The second kappa shape index (κ2) is 5.84. The lowest BCUT2D eigenvalue weighted by Crippen LogP contribution is -2.14. The van der Waals surface area contributed by atoms with Crippen LogP contribution in [0.4, 0.5) is 0 Å². The molecule has 0 fully saturated rings. The first-order valence-corrected chi connectivity index (χ1v) is 6.04. The molecule has 0 radical (unpaired) electrons. The summed E-state index contributed by atoms with van der Waals surface area (Å²) >= 11 is 0. The van der Waals surface area contributed by atoms with Crippen LogP contribution >= 0.6 is 0 Å². The van der Waals surface area contributed by atoms with Gasteiger partial charge in [-0.1, -0.05) is 6.07 Å². The van der Waals surface area contributed by atoms with Gasteiger partial charge in [0.1, 0.15) is 0 Å². The Kier molecular flexibility index (Phi) is 4.18. The van der Waals surface area contributed by atoms with Crippen LogP contribution in [0.2, 0.25) is 0 Å². The smallest absolute Gasteiger partial charge is 0.0717 e. The molecule has 0 amide bonds. The summed E-state index contributed by atoms with van der Waals surface area (Å²) in [4.78, 5) is 5.37. The lowest BCUT2D eigenvalue weighted by Gasteiger charge is -2.09. The molecule has 2 aromatic rings. The molecule has 0 saturated heterocycles. The Morgan fingerprint density at radius 3 is 2.94 bits per heavy atom. The van der Waals surface area contributed by atoms with E-state index in [-0.39, 0.29) is 0 Å². The predicted molar refractivity (Wildman–Crippen MR) is 71.1 cm³/mol. The van der Waals surface area contributed by atoms with Crippen molar-refractivity contribution in [1.82, 2.24) is 9.88 Å². The number of hydrogen-bond donors (Lipinski definition) is 1. The van der Waals surface area contributed by atoms with Gasteiger partial charge in [0.25, 0.3) is 0 Å². The Morgan fingerprint density at radius 1 is 1.24 bits per heavy atom. The maximum Gasteiger partial charge on any atom is 0.0717 e. The van der Waals surface area contributed by atoms with Crippen LogP contribution in [0.5, 0.6) is 0 Å². The van der Waals surface area contributed by atoms with E-state index in [1.54, 1.807) is 0 Å². The van der Waals surface area contributed by atoms with Gasteiger partial charge in [-0.15, -0.1) is 0 Å². The minimum Gasteiger partial charge on any atom is -0.377 e. The van der Waals surface area contributed by atoms with Crippen LogP contribution in [0, 0.1) is 0 Å². The molecular weight excluding hydrogens is 212 g/mol. The van der Waals surface area contributed by atoms with Gasteiger partial charge in [0.05, 0.1) is 6.61 Å². The number of fused-ring (bicyclic) bond motifs is 1. The summed E-state index contributed by atoms with van der Waals surface area (Å²) < 4.78 is 5.66. The number of nitrogens with one attached hydrogen (secondary N) is 1. The van der Waals surface area contributed by atoms with Gasteiger partial charge >= 0.3 is 0 Å². The maximum absolute atomic E-state index is 5.66. The molecule has 2 rings (SSSR count). The van der Waals surface area contributed by atoms with Crippen molar-refractivity contribution in [2.75, 3.05) is 27.2 Å². The zero-order valence-electron chi connectivity index (χ0n) is 10.6. The fraction of sp³-hybridized carbons (Fsp3) is 0.429. The highest BCUT2D eigenvalue weighted by atomic mass is 16.5. The molecule has 1 aromatic carbocycles. The molecule has 0 unspecified atom stereocenters. The number of H-pyrrole nitrogens is 1. The lowest BCUT2D eigenvalue weighted by atomic mass is 10.2. The third kappa shape index (κ3) is 3.58. The Balaban J connectivity index is 1.78. The fourth-order valence-corrected chi connectivity index (χ4v) is 1.87. The highest BCUT2D eigenvalue weighted by Gasteiger charge is 1.98. The van der Waals surface area contributed by atoms with Gasteiger partial charge in [-0.3, -0.25) is 0 Å². The average Bonchev–Trinajstić information content (AvgIpc) is 2.75. The van der Waals surface area contributed by atoms with Crippen LogP contribution in [-0.4, -0.2) is 37.1 Å². The maximum atomic E-state index is 5.66. The predicted octanol–water partition coefficient (Wildman–Crippen LogP) is 2.64. The number of nitrogens with zero attached hydrogens (tertiary/aromatic N) is 1. The Labute approximate surface area is 102 Å². The summed E-state index contributed by atoms with van der Waals surface area (Å²) in [5.41, 5.74) is 2.42. The second-order valence-corrected chi connectivity index (χ2v) is 4.61. The van der Waals surface area contributed by atoms with Gasteiger partial charge < -0.3 is 14.6 Å². The van der Waals surface area contributed by atoms with E-state index in [9.17, 15) is 0 Å². The number of benzene rings is 1. The number of aromatic amines is 1. The monoisotopic (exact) mass is 232 g/mol. The van der Waals surface area contributed by atoms with Crippen molar-refractivity contribution in [1.29, 1.82) is 0 Å². The van der Waals surface area contributed by atoms with Crippen LogP contribution in [0.25, 0.3) is 10.9 Å². The number of ether oxygens (including phenoxy) is 1. The summed E-state index contributed by atoms with van der Waals surface area (Å²) in [6.45, 7) is 2.61. The van der Waals surface area contributed by atoms with E-state index in [0.717, 1.165) is 19.6 Å². The molecule has 0 bridgehead atoms. The molecule has 3 heteroatoms. The summed E-state index contributed by atoms with van der Waals surface area (Å²) in [6.07, 6.45) is 3.05. The first-order chi connectivity index (χ1) is 8.25. The molecule has 0 atom stereocenters. The van der Waals surface area contributed by atoms with Gasteiger partial charge in [-0.05, 0) is 56.2 Å². The molecule has 0 aliphatic heterocycles. The van der Waals surface area contributed by atoms with Gasteiger partial charge in [0.15, 0.2) is 0 Å². The van der Waals surface area contributed by atoms with Crippen LogP contribution in [-0.2, 0) is 11.3 Å². The normalized spacial score (nSPS) is 11.5. The summed E-state index contributed by atoms with van der Waals surface area (Å²) in [6, 6.07) is 8.49. The molecule has 0 spiro atoms. The van der Waals surface area contributed by atoms with Crippen LogP contribution in [0.1, 0.15) is 12.0 Å². The van der Waals surface area contributed by atoms with Crippen molar-refractivity contribution < 1.29 is 4.74 Å². The van der Waals surface area contributed by atoms with Gasteiger partial charge in [-0.25, -0.2) is 0 Å². The van der Waals surface area contributed by atoms with E-state index in [1.165, 1.54) is 16.5 Å². The van der Waals surface area contributed by atoms with E-state index < -0.39 is 0 Å². The first kappa shape index (κ1) is 12.1. The lowest BCUT2D eigenvalue weighted by molar-refractivity contribution is 0.113. The van der Waals surface area contributed by atoms with Crippen molar-refractivity contribution in [3.8, 4) is 0 Å². The first-order valence-electron chi connectivity index (χ1n) is 6.04. The molecule has 92 valence electrons. The van der Waals surface area contributed by atoms with E-state index in [0.29, 0.717) is 6.61 Å². The zero-order valence-corrected chi connectivity index (χ0v) is 10.6. The minimum atomic E-state index is 0.703. The van der Waals surface area contributed by atoms with E-state index in [4.69, 9.17) is 4.74 Å². The van der Waals surface area contributed by atoms with E-state index in [1.807, 2.05) is 6.20 Å². The van der Waals surface area contributed by atoms with Crippen LogP contribution in [0.3, 0.4) is 0 Å². The molecule has 1 N–H and O–H groups in total. The molecule has 0 saturated carbocycles. The molecular formula is C14H20N2O. The summed E-state index contributed by atoms with van der Waals surface area (Å²) in [7, 11) is 4.17. The van der Waals surface area contributed by atoms with Crippen molar-refractivity contribution in [3.05, 3.63) is 36.0 Å². The fourth-order valence-electron chi connectivity index (χ4n) is 1.87. The molecule has 0 aliphatic carbocycles. The van der Waals surface area contributed by atoms with Crippen molar-refractivity contribution in [2.45, 2.75) is 13.0 Å². The van der Waals surface area contributed by atoms with Crippen molar-refractivity contribution in [2.24, 2.45) is 0 Å². The van der Waals surface area contributed by atoms with Crippen molar-refractivity contribution >= 4 is 10.9 Å². The third-order valence-electron chi connectivity index (χ3n) is 2.78. The molecule has 1 aromatic heterocycles. The molecule has 1 heterocycles. The third-order valence-corrected chi connectivity index (χ3v) is 2.78.